The van der Waals surface area contributed by atoms with E-state index in [1.54, 1.807) is 6.92 Å². The number of ketones is 1. The van der Waals surface area contributed by atoms with Crippen LogP contribution < -0.4 is 22.7 Å². The molecule has 2 aromatic rings. The lowest BCUT2D eigenvalue weighted by Crippen LogP contribution is -2.37. The number of carbonyl (C=O) groups is 2. The molecule has 0 aliphatic heterocycles. The molecule has 5 N–H and O–H groups in total. The molecule has 0 saturated carbocycles. The van der Waals surface area contributed by atoms with Gasteiger partial charge < -0.3 is 16.2 Å². The highest BCUT2D eigenvalue weighted by Crippen LogP contribution is 2.20. The summed E-state index contributed by atoms with van der Waals surface area (Å²) >= 11 is 5.77. The first-order valence-electron chi connectivity index (χ1n) is 7.64. The molecule has 1 heterocycles. The summed E-state index contributed by atoms with van der Waals surface area (Å²) in [6, 6.07) is 4.10. The summed E-state index contributed by atoms with van der Waals surface area (Å²) in [5.41, 5.74) is 9.58. The normalized spacial score (nSPS) is 10.5. The van der Waals surface area contributed by atoms with E-state index in [2.05, 4.69) is 0 Å². The van der Waals surface area contributed by atoms with Gasteiger partial charge in [-0.1, -0.05) is 18.5 Å². The third-order valence-corrected chi connectivity index (χ3v) is 3.88. The number of ether oxygens (including phenoxy) is 1. The van der Waals surface area contributed by atoms with Gasteiger partial charge in [-0.15, -0.1) is 0 Å². The second-order valence-corrected chi connectivity index (χ2v) is 5.81. The predicted molar refractivity (Wildman–Crippen MR) is 96.5 cm³/mol. The number of Topliss-reactive ketones (excluding diaryl/α,β-unsaturated/α-hetero) is 1. The Labute approximate surface area is 152 Å². The van der Waals surface area contributed by atoms with Gasteiger partial charge in [-0.25, -0.2) is 9.59 Å². The van der Waals surface area contributed by atoms with Crippen LogP contribution in [0.3, 0.4) is 0 Å². The summed E-state index contributed by atoms with van der Waals surface area (Å²) in [5, 5.41) is 0.273. The average Bonchev–Trinajstić information content (AvgIpc) is 2.58. The standard InChI is InChI=1S/C16H17ClN4O5/c1-2-5-21-13(19)12(14(23)20-16(21)25)11(22)7-26-15(24)8-3-4-9(17)10(18)6-8/h3-4,6H,2,5,7,18-19H2,1H3,(H,20,23,25). The van der Waals surface area contributed by atoms with Crippen LogP contribution in [0.15, 0.2) is 27.8 Å². The van der Waals surface area contributed by atoms with Crippen molar-refractivity contribution in [1.29, 1.82) is 0 Å². The third-order valence-electron chi connectivity index (χ3n) is 3.53. The highest BCUT2D eigenvalue weighted by Gasteiger charge is 2.21. The van der Waals surface area contributed by atoms with E-state index in [4.69, 9.17) is 27.8 Å². The molecule has 0 bridgehead atoms. The monoisotopic (exact) mass is 380 g/mol. The number of aromatic amines is 1. The molecule has 1 aromatic heterocycles. The van der Waals surface area contributed by atoms with Crippen molar-refractivity contribution in [3.63, 3.8) is 0 Å². The molecule has 0 saturated heterocycles. The maximum atomic E-state index is 12.3. The van der Waals surface area contributed by atoms with E-state index in [0.29, 0.717) is 6.42 Å². The number of H-pyrrole nitrogens is 1. The van der Waals surface area contributed by atoms with Gasteiger partial charge in [-0.2, -0.15) is 0 Å². The molecule has 26 heavy (non-hydrogen) atoms. The number of benzene rings is 1. The molecule has 0 unspecified atom stereocenters. The van der Waals surface area contributed by atoms with Crippen molar-refractivity contribution in [1.82, 2.24) is 9.55 Å². The average molecular weight is 381 g/mol. The minimum absolute atomic E-state index is 0.0949. The van der Waals surface area contributed by atoms with Crippen molar-refractivity contribution < 1.29 is 14.3 Å². The molecule has 9 nitrogen and oxygen atoms in total. The Morgan fingerprint density at radius 2 is 1.96 bits per heavy atom. The number of nitrogens with one attached hydrogen (secondary N) is 1. The van der Waals surface area contributed by atoms with E-state index >= 15 is 0 Å². The molecule has 0 radical (unpaired) electrons. The lowest BCUT2D eigenvalue weighted by atomic mass is 10.2. The molecule has 10 heteroatoms. The highest BCUT2D eigenvalue weighted by atomic mass is 35.5. The Morgan fingerprint density at radius 1 is 1.27 bits per heavy atom. The van der Waals surface area contributed by atoms with E-state index in [1.165, 1.54) is 18.2 Å². The Hall–Kier alpha value is -3.07. The fourth-order valence-corrected chi connectivity index (χ4v) is 2.38. The fourth-order valence-electron chi connectivity index (χ4n) is 2.26. The highest BCUT2D eigenvalue weighted by molar-refractivity contribution is 6.33. The predicted octanol–water partition coefficient (Wildman–Crippen LogP) is 0.804. The van der Waals surface area contributed by atoms with Crippen LogP contribution >= 0.6 is 11.6 Å². The van der Waals surface area contributed by atoms with Crippen LogP contribution in [0.1, 0.15) is 34.1 Å². The first-order chi connectivity index (χ1) is 12.3. The zero-order valence-corrected chi connectivity index (χ0v) is 14.6. The number of carbonyl (C=O) groups excluding carboxylic acids is 2. The number of hydrogen-bond acceptors (Lipinski definition) is 7. The molecule has 0 amide bonds. The number of anilines is 2. The molecule has 0 fully saturated rings. The number of rotatable bonds is 6. The van der Waals surface area contributed by atoms with Crippen LogP contribution in [-0.4, -0.2) is 27.9 Å². The van der Waals surface area contributed by atoms with Gasteiger partial charge >= 0.3 is 11.7 Å². The summed E-state index contributed by atoms with van der Waals surface area (Å²) in [6.07, 6.45) is 0.566. The summed E-state index contributed by atoms with van der Waals surface area (Å²) in [4.78, 5) is 49.9. The lowest BCUT2D eigenvalue weighted by molar-refractivity contribution is 0.0474. The summed E-state index contributed by atoms with van der Waals surface area (Å²) < 4.78 is 5.98. The van der Waals surface area contributed by atoms with E-state index in [-0.39, 0.29) is 28.6 Å². The third kappa shape index (κ3) is 3.94. The van der Waals surface area contributed by atoms with Crippen LogP contribution in [0.4, 0.5) is 11.5 Å². The van der Waals surface area contributed by atoms with E-state index in [9.17, 15) is 19.2 Å². The van der Waals surface area contributed by atoms with E-state index in [1.807, 2.05) is 4.98 Å². The van der Waals surface area contributed by atoms with Crippen molar-refractivity contribution in [2.45, 2.75) is 19.9 Å². The van der Waals surface area contributed by atoms with Gasteiger partial charge in [-0.3, -0.25) is 19.1 Å². The number of nitrogen functional groups attached to an aromatic ring is 2. The zero-order valence-electron chi connectivity index (χ0n) is 13.9. The van der Waals surface area contributed by atoms with Crippen molar-refractivity contribution in [2.75, 3.05) is 18.1 Å². The molecular weight excluding hydrogens is 364 g/mol. The first kappa shape index (κ1) is 19.3. The molecule has 1 aromatic carbocycles. The van der Waals surface area contributed by atoms with Crippen molar-refractivity contribution >= 4 is 34.9 Å². The van der Waals surface area contributed by atoms with Gasteiger partial charge in [0.1, 0.15) is 11.4 Å². The van der Waals surface area contributed by atoms with Crippen molar-refractivity contribution in [2.24, 2.45) is 0 Å². The number of aromatic nitrogens is 2. The Balaban J connectivity index is 2.21. The molecular formula is C16H17ClN4O5. The van der Waals surface area contributed by atoms with E-state index in [0.717, 1.165) is 4.57 Å². The second kappa shape index (κ2) is 7.87. The van der Waals surface area contributed by atoms with Gasteiger partial charge in [0.2, 0.25) is 5.78 Å². The largest absolute Gasteiger partial charge is 0.454 e. The SMILES string of the molecule is CCCn1c(N)c(C(=O)COC(=O)c2ccc(Cl)c(N)c2)c(=O)[nH]c1=O. The van der Waals surface area contributed by atoms with Crippen LogP contribution in [0, 0.1) is 0 Å². The maximum absolute atomic E-state index is 12.3. The number of nitrogens with zero attached hydrogens (tertiary/aromatic N) is 1. The fraction of sp³-hybridized carbons (Fsp3) is 0.250. The molecule has 0 atom stereocenters. The first-order valence-corrected chi connectivity index (χ1v) is 8.02. The van der Waals surface area contributed by atoms with E-state index < -0.39 is 35.2 Å². The van der Waals surface area contributed by atoms with Gasteiger partial charge in [0.05, 0.1) is 16.3 Å². The quantitative estimate of drug-likeness (QED) is 0.381. The maximum Gasteiger partial charge on any atom is 0.338 e. The molecule has 0 spiro atoms. The number of halogens is 1. The Bertz CT molecular complexity index is 980. The van der Waals surface area contributed by atoms with Gasteiger partial charge in [-0.05, 0) is 24.6 Å². The zero-order chi connectivity index (χ0) is 19.4. The molecule has 0 aliphatic rings. The minimum atomic E-state index is -0.934. The number of nitrogens with two attached hydrogens (primary N) is 2. The summed E-state index contributed by atoms with van der Waals surface area (Å²) in [6.45, 7) is 1.31. The Kier molecular flexibility index (Phi) is 5.83. The Morgan fingerprint density at radius 3 is 2.58 bits per heavy atom. The smallest absolute Gasteiger partial charge is 0.338 e. The summed E-state index contributed by atoms with van der Waals surface area (Å²) in [7, 11) is 0. The molecule has 138 valence electrons. The molecule has 2 rings (SSSR count). The topological polar surface area (TPSA) is 150 Å². The molecule has 0 aliphatic carbocycles. The van der Waals surface area contributed by atoms with Gasteiger partial charge in [0, 0.05) is 6.54 Å². The van der Waals surface area contributed by atoms with Crippen LogP contribution in [0.2, 0.25) is 5.02 Å². The van der Waals surface area contributed by atoms with Gasteiger partial charge in [0.15, 0.2) is 6.61 Å². The van der Waals surface area contributed by atoms with Crippen molar-refractivity contribution in [3.05, 3.63) is 55.2 Å². The minimum Gasteiger partial charge on any atom is -0.454 e. The van der Waals surface area contributed by atoms with Crippen LogP contribution in [0.25, 0.3) is 0 Å². The summed E-state index contributed by atoms with van der Waals surface area (Å²) in [5.74, 6) is -1.92. The number of esters is 1. The van der Waals surface area contributed by atoms with Gasteiger partial charge in [0.25, 0.3) is 5.56 Å². The lowest BCUT2D eigenvalue weighted by Gasteiger charge is -2.11. The number of hydrogen-bond donors (Lipinski definition) is 3. The van der Waals surface area contributed by atoms with Crippen molar-refractivity contribution in [3.8, 4) is 0 Å². The van der Waals surface area contributed by atoms with Crippen LogP contribution in [0.5, 0.6) is 0 Å². The second-order valence-electron chi connectivity index (χ2n) is 5.41. The van der Waals surface area contributed by atoms with Crippen LogP contribution in [-0.2, 0) is 11.3 Å².